The lowest BCUT2D eigenvalue weighted by Crippen LogP contribution is -2.52. The van der Waals surface area contributed by atoms with E-state index in [2.05, 4.69) is 18.0 Å². The Kier molecular flexibility index (Phi) is 6.06. The number of aromatic amines is 1. The second kappa shape index (κ2) is 8.18. The number of hydrogen-bond acceptors (Lipinski definition) is 3. The number of rotatable bonds is 3. The molecule has 2 aromatic rings. The van der Waals surface area contributed by atoms with E-state index in [1.54, 1.807) is 4.90 Å². The molecule has 3 rings (SSSR count). The quantitative estimate of drug-likeness (QED) is 0.764. The third kappa shape index (κ3) is 5.09. The Morgan fingerprint density at radius 3 is 2.54 bits per heavy atom. The Balaban J connectivity index is 1.80. The maximum absolute atomic E-state index is 12.9. The number of aryl methyl sites for hydroxylation is 2. The summed E-state index contributed by atoms with van der Waals surface area (Å²) in [6, 6.07) is 9.70. The van der Waals surface area contributed by atoms with Crippen LogP contribution >= 0.6 is 11.6 Å². The first-order valence-electron chi connectivity index (χ1n) is 9.64. The molecule has 2 atom stereocenters. The van der Waals surface area contributed by atoms with Gasteiger partial charge in [-0.25, -0.2) is 4.79 Å². The molecule has 0 spiro atoms. The number of carbonyl (C=O) groups is 1. The number of nitrogens with one attached hydrogen (secondary N) is 1. The van der Waals surface area contributed by atoms with E-state index in [9.17, 15) is 4.79 Å². The molecule has 0 unspecified atom stereocenters. The average Bonchev–Trinajstić information content (AvgIpc) is 2.94. The summed E-state index contributed by atoms with van der Waals surface area (Å²) in [7, 11) is 0. The number of carbonyl (C=O) groups excluding carboxylic acids is 1. The van der Waals surface area contributed by atoms with Gasteiger partial charge in [0.2, 0.25) is 0 Å². The summed E-state index contributed by atoms with van der Waals surface area (Å²) in [5, 5.41) is 0.699. The van der Waals surface area contributed by atoms with Crippen molar-refractivity contribution in [1.82, 2.24) is 9.88 Å². The molecule has 0 bridgehead atoms. The standard InChI is InChI=1S/C22H29ClN2O3/c1-14-10-19(24-15(14)2)20-12-25(21(26)28-22(3,4)5)18(13-27-20)11-16-6-8-17(23)9-7-16/h6-10,18,20,24H,11-13H2,1-5H3/t18-,20+/m0/s1. The van der Waals surface area contributed by atoms with Gasteiger partial charge in [0.25, 0.3) is 0 Å². The van der Waals surface area contributed by atoms with E-state index in [1.165, 1.54) is 5.56 Å². The van der Waals surface area contributed by atoms with Crippen molar-refractivity contribution in [2.45, 2.75) is 58.8 Å². The summed E-state index contributed by atoms with van der Waals surface area (Å²) in [5.74, 6) is 0. The number of aromatic nitrogens is 1. The van der Waals surface area contributed by atoms with E-state index in [1.807, 2.05) is 52.0 Å². The summed E-state index contributed by atoms with van der Waals surface area (Å²) in [6.45, 7) is 10.7. The van der Waals surface area contributed by atoms with Gasteiger partial charge in [0, 0.05) is 16.4 Å². The van der Waals surface area contributed by atoms with Gasteiger partial charge in [-0.3, -0.25) is 4.90 Å². The van der Waals surface area contributed by atoms with Crippen molar-refractivity contribution < 1.29 is 14.3 Å². The number of benzene rings is 1. The van der Waals surface area contributed by atoms with Crippen LogP contribution in [0.5, 0.6) is 0 Å². The van der Waals surface area contributed by atoms with E-state index >= 15 is 0 Å². The largest absolute Gasteiger partial charge is 0.444 e. The highest BCUT2D eigenvalue weighted by Crippen LogP contribution is 2.28. The molecule has 5 nitrogen and oxygen atoms in total. The first-order valence-corrected chi connectivity index (χ1v) is 10.0. The molecule has 28 heavy (non-hydrogen) atoms. The molecule has 1 saturated heterocycles. The molecule has 0 aliphatic carbocycles. The van der Waals surface area contributed by atoms with Gasteiger partial charge in [-0.15, -0.1) is 0 Å². The Hall–Kier alpha value is -1.98. The van der Waals surface area contributed by atoms with E-state index in [4.69, 9.17) is 21.1 Å². The molecule has 1 aromatic carbocycles. The van der Waals surface area contributed by atoms with Gasteiger partial charge in [-0.05, 0) is 70.4 Å². The van der Waals surface area contributed by atoms with Crippen molar-refractivity contribution >= 4 is 17.7 Å². The second-order valence-corrected chi connectivity index (χ2v) is 8.91. The third-order valence-corrected chi connectivity index (χ3v) is 5.20. The molecule has 1 N–H and O–H groups in total. The van der Waals surface area contributed by atoms with Crippen molar-refractivity contribution in [1.29, 1.82) is 0 Å². The second-order valence-electron chi connectivity index (χ2n) is 8.47. The zero-order valence-corrected chi connectivity index (χ0v) is 18.0. The molecule has 1 aliphatic rings. The van der Waals surface area contributed by atoms with Gasteiger partial charge in [0.15, 0.2) is 0 Å². The highest BCUT2D eigenvalue weighted by Gasteiger charge is 2.36. The average molecular weight is 405 g/mol. The summed E-state index contributed by atoms with van der Waals surface area (Å²) in [6.07, 6.45) is 0.187. The highest BCUT2D eigenvalue weighted by molar-refractivity contribution is 6.30. The maximum atomic E-state index is 12.9. The lowest BCUT2D eigenvalue weighted by molar-refractivity contribution is -0.0721. The zero-order valence-electron chi connectivity index (χ0n) is 17.2. The first kappa shape index (κ1) is 20.7. The Bertz CT molecular complexity index is 804. The minimum atomic E-state index is -0.546. The van der Waals surface area contributed by atoms with Crippen LogP contribution in [0.15, 0.2) is 30.3 Å². The van der Waals surface area contributed by atoms with Crippen LogP contribution < -0.4 is 0 Å². The Labute approximate surface area is 172 Å². The number of ether oxygens (including phenoxy) is 2. The van der Waals surface area contributed by atoms with Gasteiger partial charge in [-0.1, -0.05) is 23.7 Å². The van der Waals surface area contributed by atoms with Crippen molar-refractivity contribution in [2.75, 3.05) is 13.2 Å². The van der Waals surface area contributed by atoms with Crippen molar-refractivity contribution in [3.05, 3.63) is 57.9 Å². The molecule has 1 amide bonds. The van der Waals surface area contributed by atoms with Crippen molar-refractivity contribution in [3.8, 4) is 0 Å². The van der Waals surface area contributed by atoms with Gasteiger partial charge in [0.05, 0.1) is 19.2 Å². The molecular weight excluding hydrogens is 376 g/mol. The normalized spacial score (nSPS) is 20.3. The molecule has 1 aliphatic heterocycles. The van der Waals surface area contributed by atoms with Crippen LogP contribution in [-0.2, 0) is 15.9 Å². The number of hydrogen-bond donors (Lipinski definition) is 1. The number of halogens is 1. The van der Waals surface area contributed by atoms with Crippen LogP contribution in [-0.4, -0.2) is 40.8 Å². The van der Waals surface area contributed by atoms with Crippen LogP contribution in [0.4, 0.5) is 4.79 Å². The molecular formula is C22H29ClN2O3. The topological polar surface area (TPSA) is 54.6 Å². The van der Waals surface area contributed by atoms with Crippen LogP contribution in [0.25, 0.3) is 0 Å². The minimum absolute atomic E-state index is 0.0931. The molecule has 2 heterocycles. The number of nitrogens with zero attached hydrogens (tertiary/aromatic N) is 1. The van der Waals surface area contributed by atoms with Crippen LogP contribution in [0.3, 0.4) is 0 Å². The number of H-pyrrole nitrogens is 1. The summed E-state index contributed by atoms with van der Waals surface area (Å²) < 4.78 is 11.8. The molecule has 152 valence electrons. The minimum Gasteiger partial charge on any atom is -0.444 e. The Morgan fingerprint density at radius 2 is 1.96 bits per heavy atom. The Morgan fingerprint density at radius 1 is 1.29 bits per heavy atom. The zero-order chi connectivity index (χ0) is 20.5. The van der Waals surface area contributed by atoms with E-state index in [0.29, 0.717) is 24.6 Å². The maximum Gasteiger partial charge on any atom is 0.410 e. The molecule has 0 radical (unpaired) electrons. The van der Waals surface area contributed by atoms with E-state index < -0.39 is 5.60 Å². The fourth-order valence-corrected chi connectivity index (χ4v) is 3.48. The van der Waals surface area contributed by atoms with Crippen molar-refractivity contribution in [3.63, 3.8) is 0 Å². The van der Waals surface area contributed by atoms with Gasteiger partial charge < -0.3 is 14.5 Å². The van der Waals surface area contributed by atoms with E-state index in [-0.39, 0.29) is 18.2 Å². The van der Waals surface area contributed by atoms with Gasteiger partial charge in [-0.2, -0.15) is 0 Å². The summed E-state index contributed by atoms with van der Waals surface area (Å²) in [5.41, 5.74) is 3.86. The lowest BCUT2D eigenvalue weighted by atomic mass is 10.0. The predicted octanol–water partition coefficient (Wildman–Crippen LogP) is 5.20. The molecule has 1 fully saturated rings. The molecule has 0 saturated carbocycles. The summed E-state index contributed by atoms with van der Waals surface area (Å²) in [4.78, 5) is 18.1. The van der Waals surface area contributed by atoms with Crippen LogP contribution in [0.2, 0.25) is 5.02 Å². The molecule has 6 heteroatoms. The lowest BCUT2D eigenvalue weighted by Gasteiger charge is -2.40. The van der Waals surface area contributed by atoms with Gasteiger partial charge >= 0.3 is 6.09 Å². The summed E-state index contributed by atoms with van der Waals surface area (Å²) >= 11 is 6.00. The predicted molar refractivity (Wildman–Crippen MR) is 111 cm³/mol. The first-order chi connectivity index (χ1) is 13.1. The molecule has 1 aromatic heterocycles. The number of morpholine rings is 1. The monoisotopic (exact) mass is 404 g/mol. The smallest absolute Gasteiger partial charge is 0.410 e. The van der Waals surface area contributed by atoms with Gasteiger partial charge in [0.1, 0.15) is 11.7 Å². The fourth-order valence-electron chi connectivity index (χ4n) is 3.36. The fraction of sp³-hybridized carbons (Fsp3) is 0.500. The van der Waals surface area contributed by atoms with Crippen molar-refractivity contribution in [2.24, 2.45) is 0 Å². The van der Waals surface area contributed by atoms with E-state index in [0.717, 1.165) is 17.0 Å². The SMILES string of the molecule is Cc1cc([C@H]2CN(C(=O)OC(C)(C)C)[C@@H](Cc3ccc(Cl)cc3)CO2)[nH]c1C. The van der Waals surface area contributed by atoms with Crippen LogP contribution in [0.1, 0.15) is 49.4 Å². The van der Waals surface area contributed by atoms with Crippen LogP contribution in [0, 0.1) is 13.8 Å². The highest BCUT2D eigenvalue weighted by atomic mass is 35.5. The number of amides is 1. The third-order valence-electron chi connectivity index (χ3n) is 4.95.